The van der Waals surface area contributed by atoms with Gasteiger partial charge in [-0.15, -0.1) is 6.58 Å². The lowest BCUT2D eigenvalue weighted by Crippen LogP contribution is -2.21. The van der Waals surface area contributed by atoms with Crippen LogP contribution in [0.25, 0.3) is 0 Å². The standard InChI is InChI=1S/C24H36/c1-3-19-5-9-21(10-6-19)17-23-13-15-24(16-14-23)18-22-11-7-20(4-2)8-12-22/h3,7-8,11-12,19,21,23-24H,1,4-6,9-10,13-18H2,2H3. The summed E-state index contributed by atoms with van der Waals surface area (Å²) in [6.45, 7) is 6.21. The van der Waals surface area contributed by atoms with Gasteiger partial charge in [0.05, 0.1) is 0 Å². The molecular formula is C24H36. The Morgan fingerprint density at radius 3 is 1.83 bits per heavy atom. The van der Waals surface area contributed by atoms with Crippen LogP contribution in [0.5, 0.6) is 0 Å². The summed E-state index contributed by atoms with van der Waals surface area (Å²) in [6.07, 6.45) is 17.8. The van der Waals surface area contributed by atoms with Gasteiger partial charge in [-0.05, 0) is 92.6 Å². The number of aryl methyl sites for hydroxylation is 1. The summed E-state index contributed by atoms with van der Waals surface area (Å²) in [5.74, 6) is 3.79. The molecule has 0 aliphatic heterocycles. The van der Waals surface area contributed by atoms with Gasteiger partial charge in [-0.2, -0.15) is 0 Å². The average Bonchev–Trinajstić information content (AvgIpc) is 2.65. The molecule has 0 N–H and O–H groups in total. The Morgan fingerprint density at radius 1 is 0.792 bits per heavy atom. The molecule has 0 amide bonds. The van der Waals surface area contributed by atoms with E-state index in [1.54, 1.807) is 5.56 Å². The zero-order valence-corrected chi connectivity index (χ0v) is 15.7. The first-order valence-corrected chi connectivity index (χ1v) is 10.5. The first-order valence-electron chi connectivity index (χ1n) is 10.5. The number of rotatable bonds is 6. The summed E-state index contributed by atoms with van der Waals surface area (Å²) in [4.78, 5) is 0. The zero-order valence-electron chi connectivity index (χ0n) is 15.7. The Morgan fingerprint density at radius 2 is 1.29 bits per heavy atom. The lowest BCUT2D eigenvalue weighted by atomic mass is 9.72. The van der Waals surface area contributed by atoms with E-state index in [4.69, 9.17) is 0 Å². The number of benzene rings is 1. The molecule has 0 unspecified atom stereocenters. The van der Waals surface area contributed by atoms with Crippen LogP contribution in [-0.4, -0.2) is 0 Å². The number of allylic oxidation sites excluding steroid dienone is 1. The Labute approximate surface area is 149 Å². The summed E-state index contributed by atoms with van der Waals surface area (Å²) in [7, 11) is 0. The molecule has 132 valence electrons. The van der Waals surface area contributed by atoms with Crippen molar-refractivity contribution in [2.75, 3.05) is 0 Å². The average molecular weight is 325 g/mol. The maximum absolute atomic E-state index is 3.98. The van der Waals surface area contributed by atoms with Gasteiger partial charge in [-0.3, -0.25) is 0 Å². The van der Waals surface area contributed by atoms with Crippen molar-refractivity contribution in [2.24, 2.45) is 23.7 Å². The molecule has 24 heavy (non-hydrogen) atoms. The predicted molar refractivity (Wildman–Crippen MR) is 105 cm³/mol. The van der Waals surface area contributed by atoms with Gasteiger partial charge in [-0.25, -0.2) is 0 Å². The van der Waals surface area contributed by atoms with Crippen LogP contribution in [0.2, 0.25) is 0 Å². The van der Waals surface area contributed by atoms with Crippen LogP contribution < -0.4 is 0 Å². The van der Waals surface area contributed by atoms with Gasteiger partial charge < -0.3 is 0 Å². The van der Waals surface area contributed by atoms with Crippen LogP contribution in [0, 0.1) is 23.7 Å². The van der Waals surface area contributed by atoms with Crippen LogP contribution in [-0.2, 0) is 12.8 Å². The monoisotopic (exact) mass is 324 g/mol. The molecule has 0 spiro atoms. The molecule has 0 aromatic heterocycles. The Bertz CT molecular complexity index is 481. The molecule has 2 aliphatic carbocycles. The molecule has 0 radical (unpaired) electrons. The summed E-state index contributed by atoms with van der Waals surface area (Å²) in [6, 6.07) is 9.37. The predicted octanol–water partition coefficient (Wildman–Crippen LogP) is 6.98. The van der Waals surface area contributed by atoms with Crippen molar-refractivity contribution in [1.82, 2.24) is 0 Å². The van der Waals surface area contributed by atoms with E-state index in [2.05, 4.69) is 43.8 Å². The highest BCUT2D eigenvalue weighted by Gasteiger charge is 2.26. The largest absolute Gasteiger partial charge is 0.103 e. The molecular weight excluding hydrogens is 288 g/mol. The highest BCUT2D eigenvalue weighted by atomic mass is 14.3. The van der Waals surface area contributed by atoms with Crippen LogP contribution >= 0.6 is 0 Å². The fourth-order valence-corrected chi connectivity index (χ4v) is 5.05. The van der Waals surface area contributed by atoms with E-state index in [9.17, 15) is 0 Å². The quantitative estimate of drug-likeness (QED) is 0.495. The van der Waals surface area contributed by atoms with E-state index < -0.39 is 0 Å². The fourth-order valence-electron chi connectivity index (χ4n) is 5.05. The lowest BCUT2D eigenvalue weighted by Gasteiger charge is -2.33. The van der Waals surface area contributed by atoms with Crippen molar-refractivity contribution in [3.63, 3.8) is 0 Å². The van der Waals surface area contributed by atoms with Crippen molar-refractivity contribution < 1.29 is 0 Å². The Balaban J connectivity index is 1.38. The zero-order chi connectivity index (χ0) is 16.8. The molecule has 2 aliphatic rings. The Kier molecular flexibility index (Phi) is 6.58. The number of hydrogen-bond donors (Lipinski definition) is 0. The number of hydrogen-bond acceptors (Lipinski definition) is 0. The highest BCUT2D eigenvalue weighted by Crippen LogP contribution is 2.39. The highest BCUT2D eigenvalue weighted by molar-refractivity contribution is 5.22. The molecule has 0 saturated heterocycles. The summed E-state index contributed by atoms with van der Waals surface area (Å²) in [5, 5.41) is 0. The van der Waals surface area contributed by atoms with Gasteiger partial charge >= 0.3 is 0 Å². The van der Waals surface area contributed by atoms with Crippen molar-refractivity contribution in [1.29, 1.82) is 0 Å². The van der Waals surface area contributed by atoms with E-state index in [1.165, 1.54) is 69.8 Å². The molecule has 2 fully saturated rings. The van der Waals surface area contributed by atoms with Crippen LogP contribution in [0.15, 0.2) is 36.9 Å². The molecule has 0 nitrogen and oxygen atoms in total. The van der Waals surface area contributed by atoms with Crippen LogP contribution in [0.3, 0.4) is 0 Å². The minimum absolute atomic E-state index is 0.816. The van der Waals surface area contributed by atoms with Gasteiger partial charge in [0.25, 0.3) is 0 Å². The first-order chi connectivity index (χ1) is 11.8. The van der Waals surface area contributed by atoms with Gasteiger partial charge in [0.15, 0.2) is 0 Å². The normalized spacial score (nSPS) is 30.9. The molecule has 0 bridgehead atoms. The Hall–Kier alpha value is -1.04. The molecule has 3 rings (SSSR count). The molecule has 0 heterocycles. The molecule has 1 aromatic carbocycles. The second kappa shape index (κ2) is 8.88. The van der Waals surface area contributed by atoms with E-state index in [0.29, 0.717) is 0 Å². The van der Waals surface area contributed by atoms with Crippen molar-refractivity contribution in [2.45, 2.75) is 77.6 Å². The third-order valence-electron chi connectivity index (χ3n) is 6.81. The summed E-state index contributed by atoms with van der Waals surface area (Å²) >= 11 is 0. The van der Waals surface area contributed by atoms with E-state index in [-0.39, 0.29) is 0 Å². The maximum atomic E-state index is 3.98. The molecule has 1 aromatic rings. The van der Waals surface area contributed by atoms with Gasteiger partial charge in [0, 0.05) is 0 Å². The second-order valence-corrected chi connectivity index (χ2v) is 8.51. The van der Waals surface area contributed by atoms with Crippen LogP contribution in [0.1, 0.15) is 75.8 Å². The molecule has 2 saturated carbocycles. The molecule has 0 heteroatoms. The van der Waals surface area contributed by atoms with E-state index in [0.717, 1.165) is 30.1 Å². The van der Waals surface area contributed by atoms with Gasteiger partial charge in [0.2, 0.25) is 0 Å². The van der Waals surface area contributed by atoms with Gasteiger partial charge in [0.1, 0.15) is 0 Å². The van der Waals surface area contributed by atoms with Crippen molar-refractivity contribution in [3.05, 3.63) is 48.0 Å². The molecule has 0 atom stereocenters. The SMILES string of the molecule is C=CC1CCC(CC2CCC(Cc3ccc(CC)cc3)CC2)CC1. The topological polar surface area (TPSA) is 0 Å². The van der Waals surface area contributed by atoms with E-state index in [1.807, 2.05) is 0 Å². The van der Waals surface area contributed by atoms with Crippen molar-refractivity contribution in [3.8, 4) is 0 Å². The second-order valence-electron chi connectivity index (χ2n) is 8.51. The smallest absolute Gasteiger partial charge is 0.0236 e. The van der Waals surface area contributed by atoms with Crippen LogP contribution in [0.4, 0.5) is 0 Å². The minimum atomic E-state index is 0.816. The lowest BCUT2D eigenvalue weighted by molar-refractivity contribution is 0.201. The fraction of sp³-hybridized carbons (Fsp3) is 0.667. The summed E-state index contributed by atoms with van der Waals surface area (Å²) in [5.41, 5.74) is 3.02. The first kappa shape index (κ1) is 17.8. The van der Waals surface area contributed by atoms with Crippen molar-refractivity contribution >= 4 is 0 Å². The van der Waals surface area contributed by atoms with E-state index >= 15 is 0 Å². The third-order valence-corrected chi connectivity index (χ3v) is 6.81. The third kappa shape index (κ3) is 4.98. The minimum Gasteiger partial charge on any atom is -0.103 e. The summed E-state index contributed by atoms with van der Waals surface area (Å²) < 4.78 is 0. The maximum Gasteiger partial charge on any atom is -0.0236 e. The van der Waals surface area contributed by atoms with Gasteiger partial charge in [-0.1, -0.05) is 50.1 Å².